The van der Waals surface area contributed by atoms with E-state index in [1.165, 1.54) is 0 Å². The van der Waals surface area contributed by atoms with Crippen molar-refractivity contribution in [1.82, 2.24) is 14.8 Å². The smallest absolute Gasteiger partial charge is 0.295 e. The Hall–Kier alpha value is -4.16. The summed E-state index contributed by atoms with van der Waals surface area (Å²) in [7, 11) is 0. The molecule has 0 spiro atoms. The minimum Gasteiger partial charge on any atom is -0.494 e. The van der Waals surface area contributed by atoms with Gasteiger partial charge in [0.05, 0.1) is 12.3 Å². The van der Waals surface area contributed by atoms with Gasteiger partial charge in [-0.1, -0.05) is 41.9 Å². The normalized spacial score (nSPS) is 10.9. The summed E-state index contributed by atoms with van der Waals surface area (Å²) in [4.78, 5) is 17.7. The van der Waals surface area contributed by atoms with Gasteiger partial charge < -0.3 is 10.1 Å². The summed E-state index contributed by atoms with van der Waals surface area (Å²) in [5.74, 6) is 0.959. The number of nitrogens with zero attached hydrogens (tertiary/aromatic N) is 3. The number of fused-ring (bicyclic) bond motifs is 1. The van der Waals surface area contributed by atoms with Crippen LogP contribution in [0.1, 0.15) is 17.5 Å². The fourth-order valence-corrected chi connectivity index (χ4v) is 3.80. The van der Waals surface area contributed by atoms with E-state index in [2.05, 4.69) is 15.4 Å². The van der Waals surface area contributed by atoms with Gasteiger partial charge in [-0.3, -0.25) is 4.79 Å². The number of carbonyl (C=O) groups excluding carboxylic acids is 1. The minimum atomic E-state index is -0.393. The van der Waals surface area contributed by atoms with Gasteiger partial charge in [-0.25, -0.2) is 9.67 Å². The summed E-state index contributed by atoms with van der Waals surface area (Å²) in [5.41, 5.74) is 2.22. The van der Waals surface area contributed by atoms with E-state index in [4.69, 9.17) is 16.3 Å². The molecule has 0 aliphatic heterocycles. The van der Waals surface area contributed by atoms with Crippen LogP contribution >= 0.6 is 11.6 Å². The first kappa shape index (κ1) is 21.7. The zero-order chi connectivity index (χ0) is 23.5. The summed E-state index contributed by atoms with van der Waals surface area (Å²) >= 11 is 6.07. The van der Waals surface area contributed by atoms with Gasteiger partial charge in [-0.05, 0) is 78.4 Å². The Labute approximate surface area is 201 Å². The molecule has 0 unspecified atom stereocenters. The number of ether oxygens (including phenoxy) is 1. The van der Waals surface area contributed by atoms with Gasteiger partial charge in [-0.2, -0.15) is 0 Å². The number of halogens is 1. The van der Waals surface area contributed by atoms with Crippen molar-refractivity contribution >= 4 is 34.0 Å². The highest BCUT2D eigenvalue weighted by Crippen LogP contribution is 2.25. The molecule has 1 N–H and O–H groups in total. The van der Waals surface area contributed by atoms with E-state index in [9.17, 15) is 4.79 Å². The molecule has 0 bridgehead atoms. The van der Waals surface area contributed by atoms with Crippen molar-refractivity contribution < 1.29 is 9.53 Å². The molecular weight excluding hydrogens is 448 g/mol. The molecular formula is C27H21ClN4O2. The SMILES string of the molecule is CCOc1ccc(-n2nc(C(=O)Nc3ccc4ccccc4c3)nc2-c2ccc(Cl)cc2)cc1. The molecule has 0 fully saturated rings. The summed E-state index contributed by atoms with van der Waals surface area (Å²) in [6.45, 7) is 2.52. The summed E-state index contributed by atoms with van der Waals surface area (Å²) < 4.78 is 7.19. The summed E-state index contributed by atoms with van der Waals surface area (Å²) in [5, 5.41) is 10.2. The van der Waals surface area contributed by atoms with Crippen LogP contribution in [0.25, 0.3) is 27.8 Å². The van der Waals surface area contributed by atoms with E-state index in [1.54, 1.807) is 16.8 Å². The van der Waals surface area contributed by atoms with Gasteiger partial charge in [0.25, 0.3) is 5.91 Å². The third kappa shape index (κ3) is 4.49. The average molecular weight is 469 g/mol. The van der Waals surface area contributed by atoms with Crippen molar-refractivity contribution in [2.75, 3.05) is 11.9 Å². The first-order chi connectivity index (χ1) is 16.6. The lowest BCUT2D eigenvalue weighted by Crippen LogP contribution is -2.14. The zero-order valence-electron chi connectivity index (χ0n) is 18.4. The van der Waals surface area contributed by atoms with Crippen LogP contribution in [0.2, 0.25) is 5.02 Å². The Morgan fingerprint density at radius 1 is 0.941 bits per heavy atom. The number of rotatable bonds is 6. The number of nitrogens with one attached hydrogen (secondary N) is 1. The van der Waals surface area contributed by atoms with E-state index in [-0.39, 0.29) is 5.82 Å². The summed E-state index contributed by atoms with van der Waals surface area (Å²) in [6.07, 6.45) is 0. The maximum Gasteiger partial charge on any atom is 0.295 e. The van der Waals surface area contributed by atoms with Crippen molar-refractivity contribution in [2.45, 2.75) is 6.92 Å². The van der Waals surface area contributed by atoms with Crippen LogP contribution in [0.15, 0.2) is 91.0 Å². The van der Waals surface area contributed by atoms with E-state index < -0.39 is 5.91 Å². The van der Waals surface area contributed by atoms with Crippen molar-refractivity contribution in [2.24, 2.45) is 0 Å². The number of benzene rings is 4. The lowest BCUT2D eigenvalue weighted by molar-refractivity contribution is 0.101. The van der Waals surface area contributed by atoms with Crippen LogP contribution in [0.5, 0.6) is 5.75 Å². The molecule has 1 heterocycles. The Morgan fingerprint density at radius 3 is 2.41 bits per heavy atom. The number of anilines is 1. The van der Waals surface area contributed by atoms with Crippen LogP contribution in [-0.4, -0.2) is 27.3 Å². The van der Waals surface area contributed by atoms with Crippen LogP contribution in [0.3, 0.4) is 0 Å². The largest absolute Gasteiger partial charge is 0.494 e. The predicted molar refractivity (Wildman–Crippen MR) is 135 cm³/mol. The molecule has 4 aromatic carbocycles. The molecule has 5 rings (SSSR count). The van der Waals surface area contributed by atoms with Crippen LogP contribution in [0.4, 0.5) is 5.69 Å². The number of amides is 1. The highest BCUT2D eigenvalue weighted by molar-refractivity contribution is 6.30. The fourth-order valence-electron chi connectivity index (χ4n) is 3.68. The van der Waals surface area contributed by atoms with Crippen molar-refractivity contribution in [3.05, 3.63) is 102 Å². The van der Waals surface area contributed by atoms with Crippen LogP contribution in [-0.2, 0) is 0 Å². The zero-order valence-corrected chi connectivity index (χ0v) is 19.2. The fraction of sp³-hybridized carbons (Fsp3) is 0.0741. The molecule has 34 heavy (non-hydrogen) atoms. The molecule has 0 radical (unpaired) electrons. The van der Waals surface area contributed by atoms with Crippen molar-refractivity contribution in [3.8, 4) is 22.8 Å². The van der Waals surface area contributed by atoms with Crippen molar-refractivity contribution in [1.29, 1.82) is 0 Å². The molecule has 168 valence electrons. The topological polar surface area (TPSA) is 69.0 Å². The number of carbonyl (C=O) groups is 1. The third-order valence-corrected chi connectivity index (χ3v) is 5.56. The molecule has 0 atom stereocenters. The van der Waals surface area contributed by atoms with Gasteiger partial charge in [-0.15, -0.1) is 5.10 Å². The quantitative estimate of drug-likeness (QED) is 0.313. The Bertz CT molecular complexity index is 1460. The average Bonchev–Trinajstić information content (AvgIpc) is 3.31. The van der Waals surface area contributed by atoms with Gasteiger partial charge in [0.1, 0.15) is 5.75 Å². The number of hydrogen-bond acceptors (Lipinski definition) is 4. The second-order valence-corrected chi connectivity index (χ2v) is 8.06. The van der Waals surface area contributed by atoms with Crippen LogP contribution < -0.4 is 10.1 Å². The monoisotopic (exact) mass is 468 g/mol. The molecule has 0 saturated heterocycles. The molecule has 5 aromatic rings. The Balaban J connectivity index is 1.50. The lowest BCUT2D eigenvalue weighted by Gasteiger charge is -2.08. The van der Waals surface area contributed by atoms with E-state index in [1.807, 2.05) is 85.8 Å². The lowest BCUT2D eigenvalue weighted by atomic mass is 10.1. The first-order valence-electron chi connectivity index (χ1n) is 10.9. The minimum absolute atomic E-state index is 0.0620. The van der Waals surface area contributed by atoms with Crippen LogP contribution in [0, 0.1) is 0 Å². The van der Waals surface area contributed by atoms with Gasteiger partial charge in [0.15, 0.2) is 5.82 Å². The molecule has 0 aliphatic carbocycles. The standard InChI is InChI=1S/C27H21ClN4O2/c1-2-34-24-15-13-23(14-16-24)32-26(19-7-10-21(28)11-8-19)30-25(31-32)27(33)29-22-12-9-18-5-3-4-6-20(18)17-22/h3-17H,2H2,1H3,(H,29,33). The van der Waals surface area contributed by atoms with E-state index in [0.717, 1.165) is 27.8 Å². The molecule has 1 amide bonds. The Morgan fingerprint density at radius 2 is 1.68 bits per heavy atom. The molecule has 0 saturated carbocycles. The summed E-state index contributed by atoms with van der Waals surface area (Å²) in [6, 6.07) is 28.5. The molecule has 0 aliphatic rings. The number of aromatic nitrogens is 3. The van der Waals surface area contributed by atoms with Gasteiger partial charge in [0, 0.05) is 16.3 Å². The maximum absolute atomic E-state index is 13.1. The van der Waals surface area contributed by atoms with Gasteiger partial charge in [0.2, 0.25) is 5.82 Å². The second-order valence-electron chi connectivity index (χ2n) is 7.62. The molecule has 6 nitrogen and oxygen atoms in total. The molecule has 1 aromatic heterocycles. The first-order valence-corrected chi connectivity index (χ1v) is 11.2. The Kier molecular flexibility index (Phi) is 5.97. The van der Waals surface area contributed by atoms with E-state index >= 15 is 0 Å². The van der Waals surface area contributed by atoms with Gasteiger partial charge >= 0.3 is 0 Å². The molecule has 7 heteroatoms. The third-order valence-electron chi connectivity index (χ3n) is 5.31. The maximum atomic E-state index is 13.1. The second kappa shape index (κ2) is 9.37. The number of hydrogen-bond donors (Lipinski definition) is 1. The highest BCUT2D eigenvalue weighted by atomic mass is 35.5. The van der Waals surface area contributed by atoms with E-state index in [0.29, 0.717) is 23.1 Å². The predicted octanol–water partition coefficient (Wildman–Crippen LogP) is 6.39. The van der Waals surface area contributed by atoms with Crippen molar-refractivity contribution in [3.63, 3.8) is 0 Å². The highest BCUT2D eigenvalue weighted by Gasteiger charge is 2.19.